The summed E-state index contributed by atoms with van der Waals surface area (Å²) in [6.45, 7) is 3.03. The highest BCUT2D eigenvalue weighted by Gasteiger charge is 2.52. The molecule has 1 saturated heterocycles. The number of amides is 3. The van der Waals surface area contributed by atoms with Crippen molar-refractivity contribution in [2.45, 2.75) is 44.7 Å². The first-order valence-corrected chi connectivity index (χ1v) is 8.59. The van der Waals surface area contributed by atoms with Crippen molar-refractivity contribution in [3.63, 3.8) is 0 Å². The lowest BCUT2D eigenvalue weighted by Gasteiger charge is -2.33. The van der Waals surface area contributed by atoms with Gasteiger partial charge in [-0.15, -0.1) is 0 Å². The van der Waals surface area contributed by atoms with Gasteiger partial charge in [0.15, 0.2) is 6.67 Å². The predicted octanol–water partition coefficient (Wildman–Crippen LogP) is 1.30. The Balaban J connectivity index is 1.64. The second-order valence-electron chi connectivity index (χ2n) is 7.35. The summed E-state index contributed by atoms with van der Waals surface area (Å²) in [5, 5.41) is 2.93. The number of carbonyl (C=O) groups excluding carboxylic acids is 2. The summed E-state index contributed by atoms with van der Waals surface area (Å²) in [5.74, 6) is 0.235. The highest BCUT2D eigenvalue weighted by Crippen LogP contribution is 2.35. The van der Waals surface area contributed by atoms with Crippen molar-refractivity contribution in [3.8, 4) is 0 Å². The zero-order valence-electron chi connectivity index (χ0n) is 14.3. The average Bonchev–Trinajstić information content (AvgIpc) is 2.75. The van der Waals surface area contributed by atoms with E-state index in [0.717, 1.165) is 36.1 Å². The number of quaternary nitrogens is 1. The van der Waals surface area contributed by atoms with E-state index in [1.165, 1.54) is 17.0 Å². The molecule has 3 rings (SSSR count). The second-order valence-corrected chi connectivity index (χ2v) is 7.35. The fourth-order valence-corrected chi connectivity index (χ4v) is 3.73. The molecule has 0 aromatic heterocycles. The van der Waals surface area contributed by atoms with Gasteiger partial charge >= 0.3 is 6.03 Å². The minimum Gasteiger partial charge on any atom is -0.323 e. The van der Waals surface area contributed by atoms with E-state index in [9.17, 15) is 14.0 Å². The Labute approximate surface area is 141 Å². The molecule has 130 valence electrons. The van der Waals surface area contributed by atoms with Gasteiger partial charge in [0.2, 0.25) is 0 Å². The van der Waals surface area contributed by atoms with Gasteiger partial charge in [0.1, 0.15) is 17.9 Å². The first-order chi connectivity index (χ1) is 11.4. The van der Waals surface area contributed by atoms with Crippen molar-refractivity contribution >= 4 is 11.9 Å². The summed E-state index contributed by atoms with van der Waals surface area (Å²) in [4.78, 5) is 27.4. The van der Waals surface area contributed by atoms with E-state index in [2.05, 4.69) is 12.2 Å². The van der Waals surface area contributed by atoms with Crippen molar-refractivity contribution in [1.29, 1.82) is 0 Å². The first-order valence-electron chi connectivity index (χ1n) is 8.59. The van der Waals surface area contributed by atoms with Gasteiger partial charge in [-0.3, -0.25) is 4.79 Å². The van der Waals surface area contributed by atoms with Gasteiger partial charge < -0.3 is 10.2 Å². The lowest BCUT2D eigenvalue weighted by molar-refractivity contribution is -0.901. The van der Waals surface area contributed by atoms with Crippen LogP contribution in [0.3, 0.4) is 0 Å². The molecule has 1 saturated carbocycles. The van der Waals surface area contributed by atoms with Crippen molar-refractivity contribution in [2.24, 2.45) is 5.92 Å². The van der Waals surface area contributed by atoms with E-state index < -0.39 is 5.54 Å². The molecule has 2 N–H and O–H groups in total. The van der Waals surface area contributed by atoms with Crippen LogP contribution in [0, 0.1) is 11.7 Å². The van der Waals surface area contributed by atoms with E-state index >= 15 is 0 Å². The lowest BCUT2D eigenvalue weighted by atomic mass is 9.77. The van der Waals surface area contributed by atoms with E-state index in [0.29, 0.717) is 19.1 Å². The van der Waals surface area contributed by atoms with Crippen molar-refractivity contribution in [2.75, 3.05) is 13.7 Å². The van der Waals surface area contributed by atoms with Crippen LogP contribution in [0.15, 0.2) is 24.3 Å². The fraction of sp³-hybridized carbons (Fsp3) is 0.556. The van der Waals surface area contributed by atoms with Crippen LogP contribution in [0.25, 0.3) is 0 Å². The molecule has 1 aliphatic heterocycles. The minimum absolute atomic E-state index is 0.0991. The van der Waals surface area contributed by atoms with Gasteiger partial charge in [-0.05, 0) is 43.7 Å². The minimum atomic E-state index is -0.692. The third kappa shape index (κ3) is 3.29. The van der Waals surface area contributed by atoms with Gasteiger partial charge in [-0.25, -0.2) is 14.1 Å². The Bertz CT molecular complexity index is 641. The molecule has 24 heavy (non-hydrogen) atoms. The van der Waals surface area contributed by atoms with Crippen LogP contribution in [0.1, 0.15) is 38.2 Å². The molecular weight excluding hydrogens is 309 g/mol. The molecule has 2 aliphatic rings. The zero-order valence-corrected chi connectivity index (χ0v) is 14.3. The van der Waals surface area contributed by atoms with Crippen LogP contribution in [0.2, 0.25) is 0 Å². The maximum Gasteiger partial charge on any atom is 0.329 e. The van der Waals surface area contributed by atoms with Gasteiger partial charge in [0.05, 0.1) is 7.05 Å². The van der Waals surface area contributed by atoms with Gasteiger partial charge in [-0.2, -0.15) is 0 Å². The van der Waals surface area contributed by atoms with E-state index in [1.54, 1.807) is 6.07 Å². The summed E-state index contributed by atoms with van der Waals surface area (Å²) in [6, 6.07) is 6.11. The highest BCUT2D eigenvalue weighted by atomic mass is 19.1. The Morgan fingerprint density at radius 3 is 2.71 bits per heavy atom. The molecule has 1 spiro atoms. The predicted molar refractivity (Wildman–Crippen MR) is 87.6 cm³/mol. The lowest BCUT2D eigenvalue weighted by Crippen LogP contribution is -3.09. The van der Waals surface area contributed by atoms with Gasteiger partial charge in [0.25, 0.3) is 5.91 Å². The Morgan fingerprint density at radius 2 is 2.04 bits per heavy atom. The number of nitrogens with one attached hydrogen (secondary N) is 2. The maximum atomic E-state index is 13.3. The number of carbonyl (C=O) groups is 2. The number of benzene rings is 1. The Hall–Kier alpha value is -1.95. The second kappa shape index (κ2) is 6.51. The average molecular weight is 334 g/mol. The van der Waals surface area contributed by atoms with E-state index in [4.69, 9.17) is 0 Å². The molecule has 6 heteroatoms. The summed E-state index contributed by atoms with van der Waals surface area (Å²) in [7, 11) is 1.90. The Morgan fingerprint density at radius 1 is 1.33 bits per heavy atom. The molecule has 1 heterocycles. The van der Waals surface area contributed by atoms with Crippen molar-refractivity contribution in [3.05, 3.63) is 35.6 Å². The molecule has 2 fully saturated rings. The van der Waals surface area contributed by atoms with Crippen LogP contribution < -0.4 is 10.2 Å². The third-order valence-corrected chi connectivity index (χ3v) is 5.20. The summed E-state index contributed by atoms with van der Waals surface area (Å²) >= 11 is 0. The van der Waals surface area contributed by atoms with E-state index in [-0.39, 0.29) is 17.8 Å². The smallest absolute Gasteiger partial charge is 0.323 e. The number of hydrogen-bond acceptors (Lipinski definition) is 2. The summed E-state index contributed by atoms with van der Waals surface area (Å²) in [5.41, 5.74) is 0.156. The van der Waals surface area contributed by atoms with E-state index in [1.807, 2.05) is 13.1 Å². The fourth-order valence-electron chi connectivity index (χ4n) is 3.73. The number of halogens is 1. The molecular formula is C18H25FN3O2+. The molecule has 1 atom stereocenters. The number of rotatable bonds is 4. The van der Waals surface area contributed by atoms with Gasteiger partial charge in [-0.1, -0.05) is 19.1 Å². The molecule has 3 amide bonds. The van der Waals surface area contributed by atoms with Crippen molar-refractivity contribution in [1.82, 2.24) is 10.2 Å². The largest absolute Gasteiger partial charge is 0.329 e. The third-order valence-electron chi connectivity index (χ3n) is 5.20. The number of hydrogen-bond donors (Lipinski definition) is 2. The molecule has 0 radical (unpaired) electrons. The van der Waals surface area contributed by atoms with Crippen LogP contribution in [0.4, 0.5) is 9.18 Å². The Kier molecular flexibility index (Phi) is 4.58. The van der Waals surface area contributed by atoms with Crippen LogP contribution in [-0.4, -0.2) is 36.1 Å². The van der Waals surface area contributed by atoms with Gasteiger partial charge in [0, 0.05) is 5.56 Å². The quantitative estimate of drug-likeness (QED) is 0.816. The normalized spacial score (nSPS) is 28.3. The molecule has 1 aliphatic carbocycles. The van der Waals surface area contributed by atoms with Crippen LogP contribution in [-0.2, 0) is 11.3 Å². The molecule has 1 aromatic carbocycles. The number of urea groups is 1. The number of imide groups is 1. The molecule has 1 unspecified atom stereocenters. The summed E-state index contributed by atoms with van der Waals surface area (Å²) < 4.78 is 13.3. The zero-order chi connectivity index (χ0) is 17.3. The van der Waals surface area contributed by atoms with Crippen molar-refractivity contribution < 1.29 is 18.9 Å². The number of nitrogens with zero attached hydrogens (tertiary/aromatic N) is 1. The standard InChI is InChI=1S/C18H24FN3O2/c1-13-6-8-18(9-7-13)16(23)22(17(24)20-18)12-21(2)11-14-4-3-5-15(19)10-14/h3-5,10,13H,6-9,11-12H2,1-2H3,(H,20,24)/p+1. The van der Waals surface area contributed by atoms with Crippen LogP contribution in [0.5, 0.6) is 0 Å². The van der Waals surface area contributed by atoms with Crippen LogP contribution >= 0.6 is 0 Å². The molecule has 1 aromatic rings. The maximum absolute atomic E-state index is 13.3. The first kappa shape index (κ1) is 16.9. The SMILES string of the molecule is CC1CCC2(CC1)NC(=O)N(C[NH+](C)Cc1cccc(F)c1)C2=O. The summed E-state index contributed by atoms with van der Waals surface area (Å²) in [6.07, 6.45) is 3.37. The molecule has 5 nitrogen and oxygen atoms in total. The molecule has 0 bridgehead atoms. The highest BCUT2D eigenvalue weighted by molar-refractivity contribution is 6.06. The monoisotopic (exact) mass is 334 g/mol. The topological polar surface area (TPSA) is 53.9 Å².